The number of hydrogen-bond donors (Lipinski definition) is 2. The molecule has 0 saturated heterocycles. The van der Waals surface area contributed by atoms with E-state index in [0.717, 1.165) is 18.2 Å². The van der Waals surface area contributed by atoms with Gasteiger partial charge in [0.15, 0.2) is 18.1 Å². The highest BCUT2D eigenvalue weighted by Crippen LogP contribution is 2.27. The fraction of sp³-hybridized carbons (Fsp3) is 0.150. The molecule has 0 bridgehead atoms. The van der Waals surface area contributed by atoms with Gasteiger partial charge in [0, 0.05) is 23.8 Å². The Hall–Kier alpha value is -4.41. The van der Waals surface area contributed by atoms with Gasteiger partial charge in [-0.2, -0.15) is 0 Å². The normalized spacial score (nSPS) is 10.3. The van der Waals surface area contributed by atoms with E-state index in [-0.39, 0.29) is 11.3 Å². The van der Waals surface area contributed by atoms with Crippen LogP contribution in [0.4, 0.5) is 5.69 Å². The highest BCUT2D eigenvalue weighted by Gasteiger charge is 2.11. The van der Waals surface area contributed by atoms with E-state index in [1.54, 1.807) is 18.2 Å². The number of ether oxygens (including phenoxy) is 3. The van der Waals surface area contributed by atoms with Gasteiger partial charge in [-0.25, -0.2) is 4.79 Å². The minimum atomic E-state index is -0.775. The first-order chi connectivity index (χ1) is 14.8. The highest BCUT2D eigenvalue weighted by molar-refractivity contribution is 5.96. The zero-order valence-corrected chi connectivity index (χ0v) is 16.6. The van der Waals surface area contributed by atoms with Crippen molar-refractivity contribution in [2.45, 2.75) is 0 Å². The van der Waals surface area contributed by atoms with Gasteiger partial charge in [0.2, 0.25) is 0 Å². The number of carbonyl (C=O) groups excluding carboxylic acids is 3. The lowest BCUT2D eigenvalue weighted by atomic mass is 10.2. The van der Waals surface area contributed by atoms with Crippen molar-refractivity contribution in [3.05, 3.63) is 69.8 Å². The molecule has 11 nitrogen and oxygen atoms in total. The van der Waals surface area contributed by atoms with Crippen molar-refractivity contribution in [2.24, 2.45) is 0 Å². The van der Waals surface area contributed by atoms with Gasteiger partial charge >= 0.3 is 5.97 Å². The molecule has 2 rings (SSSR count). The lowest BCUT2D eigenvalue weighted by Crippen LogP contribution is -2.43. The number of hydrogen-bond acceptors (Lipinski definition) is 8. The second-order valence-electron chi connectivity index (χ2n) is 5.86. The van der Waals surface area contributed by atoms with E-state index in [1.807, 2.05) is 0 Å². The van der Waals surface area contributed by atoms with Crippen LogP contribution in [0.1, 0.15) is 15.9 Å². The first kappa shape index (κ1) is 22.9. The van der Waals surface area contributed by atoms with Crippen LogP contribution in [0.5, 0.6) is 11.5 Å². The number of carbonyl (C=O) groups is 3. The van der Waals surface area contributed by atoms with E-state index >= 15 is 0 Å². The summed E-state index contributed by atoms with van der Waals surface area (Å²) in [6, 6.07) is 9.81. The summed E-state index contributed by atoms with van der Waals surface area (Å²) in [4.78, 5) is 45.4. The summed E-state index contributed by atoms with van der Waals surface area (Å²) in [5.41, 5.74) is 4.75. The van der Waals surface area contributed by atoms with Crippen LogP contribution < -0.4 is 20.3 Å². The molecule has 0 unspecified atom stereocenters. The van der Waals surface area contributed by atoms with Crippen LogP contribution in [0.25, 0.3) is 6.08 Å². The molecule has 0 aliphatic carbocycles. The highest BCUT2D eigenvalue weighted by atomic mass is 16.6. The fourth-order valence-corrected chi connectivity index (χ4v) is 2.27. The second-order valence-corrected chi connectivity index (χ2v) is 5.86. The van der Waals surface area contributed by atoms with Gasteiger partial charge < -0.3 is 14.2 Å². The molecular weight excluding hydrogens is 410 g/mol. The molecule has 0 aliphatic rings. The smallest absolute Gasteiger partial charge is 0.331 e. The summed E-state index contributed by atoms with van der Waals surface area (Å²) < 4.78 is 15.1. The van der Waals surface area contributed by atoms with Crippen molar-refractivity contribution in [1.82, 2.24) is 10.9 Å². The Bertz CT molecular complexity index is 1000. The Morgan fingerprint density at radius 1 is 1.00 bits per heavy atom. The molecule has 2 aromatic carbocycles. The largest absolute Gasteiger partial charge is 0.493 e. The lowest BCUT2D eigenvalue weighted by molar-refractivity contribution is -0.384. The third-order valence-corrected chi connectivity index (χ3v) is 3.82. The number of non-ortho nitro benzene ring substituents is 1. The van der Waals surface area contributed by atoms with Crippen molar-refractivity contribution >= 4 is 29.5 Å². The molecule has 2 N–H and O–H groups in total. The number of rotatable bonds is 8. The van der Waals surface area contributed by atoms with E-state index in [1.165, 1.54) is 32.4 Å². The SMILES string of the molecule is COc1ccc(/C=C/C(=O)OCC(=O)NNC(=O)c2ccc([N+](=O)[O-])cc2)cc1OC. The van der Waals surface area contributed by atoms with Gasteiger partial charge in [-0.3, -0.25) is 30.6 Å². The van der Waals surface area contributed by atoms with E-state index < -0.39 is 29.3 Å². The summed E-state index contributed by atoms with van der Waals surface area (Å²) in [7, 11) is 2.99. The van der Waals surface area contributed by atoms with Gasteiger partial charge in [-0.15, -0.1) is 0 Å². The molecule has 162 valence electrons. The monoisotopic (exact) mass is 429 g/mol. The minimum absolute atomic E-state index is 0.0979. The summed E-state index contributed by atoms with van der Waals surface area (Å²) >= 11 is 0. The average molecular weight is 429 g/mol. The predicted molar refractivity (Wildman–Crippen MR) is 108 cm³/mol. The molecule has 0 spiro atoms. The van der Waals surface area contributed by atoms with Crippen LogP contribution in [0, 0.1) is 10.1 Å². The number of amides is 2. The lowest BCUT2D eigenvalue weighted by Gasteiger charge is -2.08. The maximum absolute atomic E-state index is 11.9. The van der Waals surface area contributed by atoms with Crippen LogP contribution in [0.15, 0.2) is 48.5 Å². The fourth-order valence-electron chi connectivity index (χ4n) is 2.27. The van der Waals surface area contributed by atoms with Crippen LogP contribution >= 0.6 is 0 Å². The second kappa shape index (κ2) is 11.0. The maximum Gasteiger partial charge on any atom is 0.331 e. The Kier molecular flexibility index (Phi) is 8.08. The summed E-state index contributed by atoms with van der Waals surface area (Å²) in [6.07, 6.45) is 2.60. The van der Waals surface area contributed by atoms with Crippen LogP contribution in [0.2, 0.25) is 0 Å². The topological polar surface area (TPSA) is 146 Å². The van der Waals surface area contributed by atoms with E-state index in [2.05, 4.69) is 10.9 Å². The molecule has 0 saturated carbocycles. The standard InChI is InChI=1S/C20H19N3O8/c1-29-16-9-3-13(11-17(16)30-2)4-10-19(25)31-12-18(24)21-22-20(26)14-5-7-15(8-6-14)23(27)28/h3-11H,12H2,1-2H3,(H,21,24)(H,22,26)/b10-4+. The predicted octanol–water partition coefficient (Wildman–Crippen LogP) is 1.63. The van der Waals surface area contributed by atoms with Gasteiger partial charge in [-0.1, -0.05) is 6.07 Å². The number of hydrazine groups is 1. The maximum atomic E-state index is 11.9. The molecule has 0 radical (unpaired) electrons. The van der Waals surface area contributed by atoms with Crippen LogP contribution in [-0.2, 0) is 14.3 Å². The molecule has 11 heteroatoms. The number of nitro benzene ring substituents is 1. The molecule has 0 heterocycles. The Morgan fingerprint density at radius 3 is 2.29 bits per heavy atom. The third-order valence-electron chi connectivity index (χ3n) is 3.82. The van der Waals surface area contributed by atoms with Crippen LogP contribution in [-0.4, -0.2) is 43.5 Å². The van der Waals surface area contributed by atoms with E-state index in [9.17, 15) is 24.5 Å². The number of nitro groups is 1. The average Bonchev–Trinajstić information content (AvgIpc) is 2.79. The van der Waals surface area contributed by atoms with Crippen molar-refractivity contribution in [3.63, 3.8) is 0 Å². The molecule has 0 aliphatic heterocycles. The van der Waals surface area contributed by atoms with Crippen molar-refractivity contribution in [2.75, 3.05) is 20.8 Å². The van der Waals surface area contributed by atoms with Gasteiger partial charge in [0.25, 0.3) is 17.5 Å². The molecule has 0 fully saturated rings. The van der Waals surface area contributed by atoms with Crippen LogP contribution in [0.3, 0.4) is 0 Å². The zero-order valence-electron chi connectivity index (χ0n) is 16.6. The van der Waals surface area contributed by atoms with Gasteiger partial charge in [0.1, 0.15) is 0 Å². The van der Waals surface area contributed by atoms with Crippen molar-refractivity contribution in [3.8, 4) is 11.5 Å². The number of benzene rings is 2. The van der Waals surface area contributed by atoms with Crippen molar-refractivity contribution in [1.29, 1.82) is 0 Å². The van der Waals surface area contributed by atoms with Gasteiger partial charge in [-0.05, 0) is 35.9 Å². The quantitative estimate of drug-likeness (QED) is 0.279. The Labute approximate surface area is 176 Å². The molecule has 0 aromatic heterocycles. The zero-order chi connectivity index (χ0) is 22.8. The summed E-state index contributed by atoms with van der Waals surface area (Å²) in [6.45, 7) is -0.629. The first-order valence-electron chi connectivity index (χ1n) is 8.74. The molecule has 31 heavy (non-hydrogen) atoms. The Balaban J connectivity index is 1.79. The first-order valence-corrected chi connectivity index (χ1v) is 8.74. The van der Waals surface area contributed by atoms with E-state index in [0.29, 0.717) is 17.1 Å². The molecular formula is C20H19N3O8. The number of methoxy groups -OCH3 is 2. The molecule has 2 aromatic rings. The van der Waals surface area contributed by atoms with Gasteiger partial charge in [0.05, 0.1) is 19.1 Å². The van der Waals surface area contributed by atoms with Crippen molar-refractivity contribution < 1.29 is 33.5 Å². The Morgan fingerprint density at radius 2 is 1.68 bits per heavy atom. The summed E-state index contributed by atoms with van der Waals surface area (Å²) in [5, 5.41) is 10.6. The third kappa shape index (κ3) is 6.85. The number of nitrogens with one attached hydrogen (secondary N) is 2. The van der Waals surface area contributed by atoms with E-state index in [4.69, 9.17) is 14.2 Å². The number of nitrogens with zero attached hydrogens (tertiary/aromatic N) is 1. The summed E-state index contributed by atoms with van der Waals surface area (Å²) in [5.74, 6) is -1.21. The molecule has 2 amide bonds. The minimum Gasteiger partial charge on any atom is -0.493 e. The number of esters is 1. The molecule has 0 atom stereocenters.